The molecule has 0 saturated carbocycles. The lowest BCUT2D eigenvalue weighted by atomic mass is 10.1. The third-order valence-electron chi connectivity index (χ3n) is 4.09. The number of esters is 1. The number of rotatable bonds is 7. The summed E-state index contributed by atoms with van der Waals surface area (Å²) >= 11 is 0. The molecule has 176 valence electrons. The Morgan fingerprint density at radius 3 is 2.39 bits per heavy atom. The number of amides is 1. The number of fused-ring (bicyclic) bond motifs is 1. The molecule has 2 aromatic carbocycles. The van der Waals surface area contributed by atoms with Gasteiger partial charge in [0.2, 0.25) is 0 Å². The maximum absolute atomic E-state index is 12.5. The first-order valence-corrected chi connectivity index (χ1v) is 9.09. The molecule has 1 N–H and O–H groups in total. The summed E-state index contributed by atoms with van der Waals surface area (Å²) in [7, 11) is 0. The third kappa shape index (κ3) is 6.60. The molecule has 0 spiro atoms. The molecule has 1 aliphatic rings. The summed E-state index contributed by atoms with van der Waals surface area (Å²) in [5, 5.41) is 3.63. The van der Waals surface area contributed by atoms with Crippen LogP contribution in [0.15, 0.2) is 47.6 Å². The van der Waals surface area contributed by atoms with Crippen molar-refractivity contribution in [3.63, 3.8) is 0 Å². The van der Waals surface area contributed by atoms with Crippen molar-refractivity contribution in [2.45, 2.75) is 18.5 Å². The van der Waals surface area contributed by atoms with Gasteiger partial charge in [-0.25, -0.2) is 10.2 Å². The lowest BCUT2D eigenvalue weighted by Gasteiger charge is -2.15. The molecule has 0 aromatic heterocycles. The zero-order valence-corrected chi connectivity index (χ0v) is 16.4. The van der Waals surface area contributed by atoms with E-state index in [9.17, 15) is 35.9 Å². The van der Waals surface area contributed by atoms with E-state index in [1.54, 1.807) is 18.2 Å². The van der Waals surface area contributed by atoms with Crippen LogP contribution in [0.2, 0.25) is 0 Å². The molecule has 1 amide bonds. The fraction of sp³-hybridized carbons (Fsp3) is 0.250. The third-order valence-corrected chi connectivity index (χ3v) is 4.09. The largest absolute Gasteiger partial charge is 0.484 e. The van der Waals surface area contributed by atoms with E-state index >= 15 is 0 Å². The van der Waals surface area contributed by atoms with Crippen molar-refractivity contribution < 1.29 is 50.1 Å². The first-order valence-electron chi connectivity index (χ1n) is 9.09. The highest BCUT2D eigenvalue weighted by Crippen LogP contribution is 2.30. The monoisotopic (exact) mass is 476 g/mol. The van der Waals surface area contributed by atoms with Crippen molar-refractivity contribution >= 4 is 18.1 Å². The predicted octanol–water partition coefficient (Wildman–Crippen LogP) is 4.20. The fourth-order valence-corrected chi connectivity index (χ4v) is 2.73. The van der Waals surface area contributed by atoms with Gasteiger partial charge in [-0.2, -0.15) is 31.4 Å². The normalized spacial score (nSPS) is 15.8. The fourth-order valence-electron chi connectivity index (χ4n) is 2.73. The highest BCUT2D eigenvalue weighted by atomic mass is 19.4. The minimum atomic E-state index is -4.73. The van der Waals surface area contributed by atoms with Crippen LogP contribution in [-0.2, 0) is 4.74 Å². The van der Waals surface area contributed by atoms with Crippen LogP contribution in [0.25, 0.3) is 0 Å². The number of hydrogen-bond donors (Lipinski definition) is 1. The first-order chi connectivity index (χ1) is 15.4. The molecule has 0 bridgehead atoms. The van der Waals surface area contributed by atoms with Crippen LogP contribution >= 0.6 is 0 Å². The van der Waals surface area contributed by atoms with E-state index in [1.165, 1.54) is 6.07 Å². The zero-order chi connectivity index (χ0) is 24.2. The Morgan fingerprint density at radius 1 is 1.03 bits per heavy atom. The lowest BCUT2D eigenvalue weighted by Crippen LogP contribution is -2.23. The maximum Gasteiger partial charge on any atom is 0.422 e. The first kappa shape index (κ1) is 23.9. The van der Waals surface area contributed by atoms with Gasteiger partial charge >= 0.3 is 18.3 Å². The van der Waals surface area contributed by atoms with Crippen LogP contribution in [0.5, 0.6) is 11.5 Å². The van der Waals surface area contributed by atoms with Gasteiger partial charge in [-0.1, -0.05) is 18.2 Å². The van der Waals surface area contributed by atoms with Crippen molar-refractivity contribution in [1.82, 2.24) is 5.43 Å². The van der Waals surface area contributed by atoms with Crippen molar-refractivity contribution in [2.75, 3.05) is 13.2 Å². The van der Waals surface area contributed by atoms with E-state index in [1.807, 2.05) is 5.43 Å². The Bertz CT molecular complexity index is 1070. The van der Waals surface area contributed by atoms with Gasteiger partial charge in [0.05, 0.1) is 17.3 Å². The zero-order valence-electron chi connectivity index (χ0n) is 16.4. The van der Waals surface area contributed by atoms with E-state index in [0.717, 1.165) is 24.4 Å². The summed E-state index contributed by atoms with van der Waals surface area (Å²) in [5.74, 6) is -2.69. The van der Waals surface area contributed by atoms with Crippen molar-refractivity contribution in [3.05, 3.63) is 59.2 Å². The molecule has 2 aromatic rings. The highest BCUT2D eigenvalue weighted by Gasteiger charge is 2.31. The molecular formula is C20H14F6N2O5. The Kier molecular flexibility index (Phi) is 6.79. The van der Waals surface area contributed by atoms with Crippen LogP contribution in [-0.4, -0.2) is 43.7 Å². The van der Waals surface area contributed by atoms with Gasteiger partial charge in [-0.05, 0) is 24.3 Å². The quantitative estimate of drug-likeness (QED) is 0.280. The van der Waals surface area contributed by atoms with E-state index in [-0.39, 0.29) is 0 Å². The van der Waals surface area contributed by atoms with Crippen molar-refractivity contribution in [2.24, 2.45) is 5.10 Å². The molecule has 0 fully saturated rings. The number of carbonyl (C=O) groups is 2. The molecule has 0 aliphatic carbocycles. The van der Waals surface area contributed by atoms with Gasteiger partial charge < -0.3 is 14.2 Å². The summed E-state index contributed by atoms with van der Waals surface area (Å²) in [6.45, 7) is -3.42. The molecule has 0 saturated heterocycles. The smallest absolute Gasteiger partial charge is 0.422 e. The average Bonchev–Trinajstić information content (AvgIpc) is 3.06. The van der Waals surface area contributed by atoms with E-state index < -0.39 is 60.6 Å². The molecule has 1 aliphatic heterocycles. The molecule has 7 nitrogen and oxygen atoms in total. The number of alkyl halides is 6. The Hall–Kier alpha value is -3.77. The highest BCUT2D eigenvalue weighted by molar-refractivity contribution is 5.99. The second-order valence-electron chi connectivity index (χ2n) is 6.60. The number of ether oxygens (including phenoxy) is 3. The summed E-state index contributed by atoms with van der Waals surface area (Å²) in [4.78, 5) is 24.2. The van der Waals surface area contributed by atoms with E-state index in [0.29, 0.717) is 11.1 Å². The second-order valence-corrected chi connectivity index (χ2v) is 6.60. The number of hydrogen-bond acceptors (Lipinski definition) is 6. The minimum absolute atomic E-state index is 0.303. The van der Waals surface area contributed by atoms with Gasteiger partial charge in [-0.15, -0.1) is 0 Å². The number of nitrogens with one attached hydrogen (secondary N) is 1. The van der Waals surface area contributed by atoms with Crippen LogP contribution < -0.4 is 14.9 Å². The van der Waals surface area contributed by atoms with Crippen LogP contribution in [0.1, 0.15) is 32.4 Å². The summed E-state index contributed by atoms with van der Waals surface area (Å²) in [5.41, 5.74) is 2.24. The average molecular weight is 476 g/mol. The number of cyclic esters (lactones) is 1. The molecule has 33 heavy (non-hydrogen) atoms. The maximum atomic E-state index is 12.5. The number of nitrogens with zero attached hydrogens (tertiary/aromatic N) is 1. The molecule has 0 radical (unpaired) electrons. The summed E-state index contributed by atoms with van der Waals surface area (Å²) in [6.07, 6.45) is -9.25. The minimum Gasteiger partial charge on any atom is -0.484 e. The van der Waals surface area contributed by atoms with Crippen molar-refractivity contribution in [3.8, 4) is 11.5 Å². The van der Waals surface area contributed by atoms with Gasteiger partial charge in [0, 0.05) is 5.56 Å². The van der Waals surface area contributed by atoms with Crippen LogP contribution in [0.4, 0.5) is 26.3 Å². The number of benzene rings is 2. The molecule has 13 heteroatoms. The number of halogens is 6. The summed E-state index contributed by atoms with van der Waals surface area (Å²) in [6, 6.07) is 8.98. The van der Waals surface area contributed by atoms with Gasteiger partial charge in [0.1, 0.15) is 11.5 Å². The summed E-state index contributed by atoms with van der Waals surface area (Å²) < 4.78 is 88.8. The Morgan fingerprint density at radius 2 is 1.70 bits per heavy atom. The van der Waals surface area contributed by atoms with Gasteiger partial charge in [0.15, 0.2) is 19.3 Å². The molecule has 1 unspecified atom stereocenters. The number of carbonyl (C=O) groups excluding carboxylic acids is 2. The lowest BCUT2D eigenvalue weighted by molar-refractivity contribution is -0.154. The SMILES string of the molecule is O=C(NN=CC1OC(=O)c2ccccc21)c1cc(OCC(F)(F)F)ccc1OCC(F)(F)F. The van der Waals surface area contributed by atoms with E-state index in [2.05, 4.69) is 14.6 Å². The predicted molar refractivity (Wildman–Crippen MR) is 100 cm³/mol. The standard InChI is InChI=1S/C20H14F6N2O5/c21-19(22,23)9-31-11-5-6-15(32-10-20(24,25)26)14(7-11)17(29)28-27-8-16-12-3-1-2-4-13(12)18(30)33-16/h1-8,16H,9-10H2,(H,28,29). The molecule has 1 atom stereocenters. The molecule has 3 rings (SSSR count). The van der Waals surface area contributed by atoms with Gasteiger partial charge in [0.25, 0.3) is 5.91 Å². The van der Waals surface area contributed by atoms with Crippen LogP contribution in [0.3, 0.4) is 0 Å². The molecular weight excluding hydrogens is 462 g/mol. The molecule has 1 heterocycles. The Labute approximate surface area is 181 Å². The topological polar surface area (TPSA) is 86.2 Å². The van der Waals surface area contributed by atoms with Crippen LogP contribution in [0, 0.1) is 0 Å². The van der Waals surface area contributed by atoms with E-state index in [4.69, 9.17) is 4.74 Å². The second kappa shape index (κ2) is 9.38. The van der Waals surface area contributed by atoms with Gasteiger partial charge in [-0.3, -0.25) is 4.79 Å². The number of hydrazone groups is 1. The van der Waals surface area contributed by atoms with Crippen molar-refractivity contribution in [1.29, 1.82) is 0 Å². The Balaban J connectivity index is 1.76.